The fourth-order valence-corrected chi connectivity index (χ4v) is 4.26. The molecular formula is C16H15N5O4S3. The second kappa shape index (κ2) is 9.66. The highest BCUT2D eigenvalue weighted by Gasteiger charge is 2.17. The second-order valence-corrected chi connectivity index (χ2v) is 8.38. The molecular weight excluding hydrogens is 422 g/mol. The number of rotatable bonds is 7. The topological polar surface area (TPSA) is 123 Å². The van der Waals surface area contributed by atoms with Gasteiger partial charge in [0.15, 0.2) is 9.51 Å². The molecule has 1 aliphatic rings. The van der Waals surface area contributed by atoms with Crippen molar-refractivity contribution in [1.82, 2.24) is 15.5 Å². The number of hydrogen-bond acceptors (Lipinski definition) is 10. The van der Waals surface area contributed by atoms with Gasteiger partial charge in [0.05, 0.1) is 23.7 Å². The quantitative estimate of drug-likeness (QED) is 0.500. The van der Waals surface area contributed by atoms with E-state index in [0.717, 1.165) is 0 Å². The fourth-order valence-electron chi connectivity index (χ4n) is 2.01. The molecule has 1 aromatic heterocycles. The first-order valence-corrected chi connectivity index (χ1v) is 10.9. The molecule has 2 aromatic rings. The Hall–Kier alpha value is -2.44. The lowest BCUT2D eigenvalue weighted by molar-refractivity contribution is -0.117. The molecule has 28 heavy (non-hydrogen) atoms. The van der Waals surface area contributed by atoms with E-state index >= 15 is 0 Å². The number of hydrogen-bond donors (Lipinski definition) is 2. The number of ether oxygens (including phenoxy) is 1. The van der Waals surface area contributed by atoms with Crippen LogP contribution in [0.5, 0.6) is 0 Å². The summed E-state index contributed by atoms with van der Waals surface area (Å²) in [5, 5.41) is 14.2. The van der Waals surface area contributed by atoms with Gasteiger partial charge in [0.1, 0.15) is 0 Å². The largest absolute Gasteiger partial charge is 0.462 e. The van der Waals surface area contributed by atoms with Crippen molar-refractivity contribution < 1.29 is 19.1 Å². The van der Waals surface area contributed by atoms with Crippen LogP contribution in [-0.2, 0) is 14.3 Å². The molecule has 0 saturated carbocycles. The third-order valence-electron chi connectivity index (χ3n) is 3.19. The summed E-state index contributed by atoms with van der Waals surface area (Å²) >= 11 is 3.78. The van der Waals surface area contributed by atoms with E-state index in [2.05, 4.69) is 25.8 Å². The lowest BCUT2D eigenvalue weighted by Crippen LogP contribution is -2.19. The van der Waals surface area contributed by atoms with Crippen molar-refractivity contribution in [2.24, 2.45) is 4.99 Å². The molecule has 0 unspecified atom stereocenters. The van der Waals surface area contributed by atoms with Crippen LogP contribution in [-0.4, -0.2) is 51.3 Å². The molecule has 2 amide bonds. The number of aliphatic imine (C=N–C) groups is 1. The lowest BCUT2D eigenvalue weighted by Gasteiger charge is -2.05. The number of aromatic nitrogens is 2. The first-order valence-electron chi connectivity index (χ1n) is 8.08. The molecule has 2 heterocycles. The number of benzene rings is 1. The van der Waals surface area contributed by atoms with E-state index in [1.165, 1.54) is 34.9 Å². The second-order valence-electron chi connectivity index (χ2n) is 5.24. The van der Waals surface area contributed by atoms with Crippen molar-refractivity contribution in [3.8, 4) is 0 Å². The van der Waals surface area contributed by atoms with E-state index in [0.29, 0.717) is 38.2 Å². The van der Waals surface area contributed by atoms with Gasteiger partial charge in [0, 0.05) is 5.69 Å². The predicted molar refractivity (Wildman–Crippen MR) is 109 cm³/mol. The minimum atomic E-state index is -0.401. The molecule has 1 fully saturated rings. The normalized spacial score (nSPS) is 14.8. The summed E-state index contributed by atoms with van der Waals surface area (Å²) in [4.78, 5) is 39.0. The summed E-state index contributed by atoms with van der Waals surface area (Å²) in [6.07, 6.45) is 0. The summed E-state index contributed by atoms with van der Waals surface area (Å²) in [6, 6.07) is 6.47. The molecule has 9 nitrogen and oxygen atoms in total. The molecule has 12 heteroatoms. The number of nitrogens with zero attached hydrogens (tertiary/aromatic N) is 3. The van der Waals surface area contributed by atoms with E-state index in [9.17, 15) is 14.4 Å². The Morgan fingerprint density at radius 1 is 1.32 bits per heavy atom. The van der Waals surface area contributed by atoms with Crippen molar-refractivity contribution in [2.75, 3.05) is 23.4 Å². The fraction of sp³-hybridized carbons (Fsp3) is 0.250. The Morgan fingerprint density at radius 3 is 2.79 bits per heavy atom. The van der Waals surface area contributed by atoms with Gasteiger partial charge in [-0.25, -0.2) is 4.79 Å². The van der Waals surface area contributed by atoms with Crippen LogP contribution >= 0.6 is 34.9 Å². The van der Waals surface area contributed by atoms with Gasteiger partial charge in [-0.2, -0.15) is 4.99 Å². The highest BCUT2D eigenvalue weighted by atomic mass is 32.2. The van der Waals surface area contributed by atoms with Crippen LogP contribution < -0.4 is 10.6 Å². The summed E-state index contributed by atoms with van der Waals surface area (Å²) in [6.45, 7) is 2.05. The summed E-state index contributed by atoms with van der Waals surface area (Å²) in [7, 11) is 0. The van der Waals surface area contributed by atoms with Crippen molar-refractivity contribution in [3.63, 3.8) is 0 Å². The Morgan fingerprint density at radius 2 is 2.11 bits per heavy atom. The number of carbonyl (C=O) groups excluding carboxylic acids is 3. The van der Waals surface area contributed by atoms with E-state index in [1.807, 2.05) is 0 Å². The summed E-state index contributed by atoms with van der Waals surface area (Å²) < 4.78 is 5.51. The third-order valence-corrected chi connectivity index (χ3v) is 6.01. The first kappa shape index (κ1) is 20.3. The molecule has 0 aliphatic carbocycles. The third kappa shape index (κ3) is 5.78. The Balaban J connectivity index is 1.48. The molecule has 1 aromatic carbocycles. The van der Waals surface area contributed by atoms with Gasteiger partial charge in [-0.1, -0.05) is 34.9 Å². The summed E-state index contributed by atoms with van der Waals surface area (Å²) in [5.41, 5.74) is 1.01. The van der Waals surface area contributed by atoms with Crippen molar-refractivity contribution in [1.29, 1.82) is 0 Å². The van der Waals surface area contributed by atoms with Gasteiger partial charge in [-0.05, 0) is 31.2 Å². The van der Waals surface area contributed by atoms with Crippen molar-refractivity contribution >= 4 is 68.6 Å². The molecule has 3 rings (SSSR count). The molecule has 2 N–H and O–H groups in total. The smallest absolute Gasteiger partial charge is 0.338 e. The van der Waals surface area contributed by atoms with E-state index in [1.54, 1.807) is 31.2 Å². The van der Waals surface area contributed by atoms with Crippen molar-refractivity contribution in [3.05, 3.63) is 29.8 Å². The maximum Gasteiger partial charge on any atom is 0.338 e. The van der Waals surface area contributed by atoms with Crippen LogP contribution in [0.2, 0.25) is 0 Å². The van der Waals surface area contributed by atoms with Crippen LogP contribution in [0.25, 0.3) is 0 Å². The number of carbonyl (C=O) groups is 3. The number of amidine groups is 1. The number of esters is 1. The minimum Gasteiger partial charge on any atom is -0.462 e. The zero-order valence-corrected chi connectivity index (χ0v) is 17.1. The predicted octanol–water partition coefficient (Wildman–Crippen LogP) is 2.30. The van der Waals surface area contributed by atoms with E-state index in [-0.39, 0.29) is 17.6 Å². The Bertz CT molecular complexity index is 913. The monoisotopic (exact) mass is 437 g/mol. The molecule has 0 bridgehead atoms. The maximum absolute atomic E-state index is 12.1. The van der Waals surface area contributed by atoms with Crippen LogP contribution in [0.1, 0.15) is 17.3 Å². The average Bonchev–Trinajstić information content (AvgIpc) is 3.30. The van der Waals surface area contributed by atoms with Gasteiger partial charge in [0.25, 0.3) is 0 Å². The van der Waals surface area contributed by atoms with E-state index < -0.39 is 5.97 Å². The Labute approximate surface area is 172 Å². The van der Waals surface area contributed by atoms with Crippen LogP contribution in [0, 0.1) is 0 Å². The first-order chi connectivity index (χ1) is 13.5. The van der Waals surface area contributed by atoms with Crippen LogP contribution in [0.4, 0.5) is 10.8 Å². The number of amides is 2. The van der Waals surface area contributed by atoms with Gasteiger partial charge >= 0.3 is 5.97 Å². The molecule has 0 atom stereocenters. The molecule has 1 aliphatic heterocycles. The number of anilines is 1. The highest BCUT2D eigenvalue weighted by Crippen LogP contribution is 2.28. The van der Waals surface area contributed by atoms with E-state index in [4.69, 9.17) is 4.74 Å². The number of nitrogens with one attached hydrogen (secondary N) is 2. The zero-order valence-electron chi connectivity index (χ0n) is 14.6. The maximum atomic E-state index is 12.1. The Kier molecular flexibility index (Phi) is 7.01. The minimum absolute atomic E-state index is 0.0881. The van der Waals surface area contributed by atoms with Gasteiger partial charge < -0.3 is 15.4 Å². The average molecular weight is 438 g/mol. The lowest BCUT2D eigenvalue weighted by atomic mass is 10.2. The van der Waals surface area contributed by atoms with Crippen LogP contribution in [0.3, 0.4) is 0 Å². The van der Waals surface area contributed by atoms with Crippen LogP contribution in [0.15, 0.2) is 33.6 Å². The zero-order chi connectivity index (χ0) is 19.9. The summed E-state index contributed by atoms with van der Waals surface area (Å²) in [5.74, 6) is -0.205. The standard InChI is InChI=1S/C16H15N5O4S3/c1-2-25-13(24)9-3-5-10(6-4-9)17-11(22)8-27-16-21-20-15(28-16)19-14-18-12(23)7-26-14/h3-6H,2,7-8H2,1H3,(H,17,22)(H,18,19,20,23). The number of thioether (sulfide) groups is 2. The van der Waals surface area contributed by atoms with Gasteiger partial charge in [-0.3, -0.25) is 9.59 Å². The molecule has 1 saturated heterocycles. The van der Waals surface area contributed by atoms with Crippen molar-refractivity contribution in [2.45, 2.75) is 11.3 Å². The highest BCUT2D eigenvalue weighted by molar-refractivity contribution is 8.15. The molecule has 0 spiro atoms. The molecule has 146 valence electrons. The van der Waals surface area contributed by atoms with Gasteiger partial charge in [-0.15, -0.1) is 10.2 Å². The molecule has 0 radical (unpaired) electrons. The van der Waals surface area contributed by atoms with Gasteiger partial charge in [0.2, 0.25) is 16.9 Å². The SMILES string of the molecule is CCOC(=O)c1ccc(NC(=O)CSc2nnc(/N=C3\NC(=O)CS3)s2)cc1.